The van der Waals surface area contributed by atoms with Crippen molar-refractivity contribution in [3.63, 3.8) is 0 Å². The summed E-state index contributed by atoms with van der Waals surface area (Å²) < 4.78 is 9.02. The normalized spacial score (nSPS) is 12.3. The van der Waals surface area contributed by atoms with Crippen LogP contribution in [0.3, 0.4) is 0 Å². The van der Waals surface area contributed by atoms with Gasteiger partial charge in [0, 0.05) is 12.8 Å². The van der Waals surface area contributed by atoms with Crippen LogP contribution in [0, 0.1) is 0 Å². The van der Waals surface area contributed by atoms with Crippen molar-refractivity contribution in [2.24, 2.45) is 0 Å². The minimum absolute atomic E-state index is 0.250. The first-order chi connectivity index (χ1) is 8.22. The SMILES string of the molecule is CCC(S)(S)CCOC(=O)OCCC(S)(S)CC. The molecule has 0 aromatic heterocycles. The highest BCUT2D eigenvalue weighted by Crippen LogP contribution is 2.28. The molecule has 3 nitrogen and oxygen atoms in total. The van der Waals surface area contributed by atoms with E-state index in [1.54, 1.807) is 0 Å². The summed E-state index contributed by atoms with van der Waals surface area (Å²) in [6.45, 7) is 4.45. The molecule has 0 aliphatic carbocycles. The summed E-state index contributed by atoms with van der Waals surface area (Å²) in [7, 11) is 0. The Kier molecular flexibility index (Phi) is 9.09. The Morgan fingerprint density at radius 2 is 1.22 bits per heavy atom. The molecule has 0 unspecified atom stereocenters. The molecule has 0 saturated carbocycles. The lowest BCUT2D eigenvalue weighted by molar-refractivity contribution is 0.0528. The molecule has 0 saturated heterocycles. The van der Waals surface area contributed by atoms with Crippen LogP contribution in [0.5, 0.6) is 0 Å². The zero-order valence-electron chi connectivity index (χ0n) is 10.8. The lowest BCUT2D eigenvalue weighted by Crippen LogP contribution is -2.20. The van der Waals surface area contributed by atoms with Crippen LogP contribution in [0.4, 0.5) is 4.79 Å². The van der Waals surface area contributed by atoms with Gasteiger partial charge < -0.3 is 9.47 Å². The molecule has 0 spiro atoms. The molecule has 0 heterocycles. The predicted octanol–water partition coefficient (Wildman–Crippen LogP) is 3.85. The van der Waals surface area contributed by atoms with Gasteiger partial charge in [0.05, 0.1) is 21.4 Å². The van der Waals surface area contributed by atoms with Crippen molar-refractivity contribution >= 4 is 56.7 Å². The minimum Gasteiger partial charge on any atom is -0.434 e. The number of hydrogen-bond donors (Lipinski definition) is 4. The maximum atomic E-state index is 11.2. The van der Waals surface area contributed by atoms with Gasteiger partial charge in [0.15, 0.2) is 0 Å². The smallest absolute Gasteiger partial charge is 0.434 e. The van der Waals surface area contributed by atoms with Gasteiger partial charge >= 0.3 is 6.16 Å². The van der Waals surface area contributed by atoms with Crippen molar-refractivity contribution in [1.29, 1.82) is 0 Å². The first kappa shape index (κ1) is 18.7. The van der Waals surface area contributed by atoms with Gasteiger partial charge in [0.25, 0.3) is 0 Å². The Hall–Kier alpha value is 0.670. The Balaban J connectivity index is 3.67. The Bertz CT molecular complexity index is 233. The summed E-state index contributed by atoms with van der Waals surface area (Å²) in [6, 6.07) is 0. The molecule has 18 heavy (non-hydrogen) atoms. The molecule has 0 atom stereocenters. The topological polar surface area (TPSA) is 35.5 Å². The minimum atomic E-state index is -0.669. The highest BCUT2D eigenvalue weighted by molar-refractivity contribution is 8.00. The highest BCUT2D eigenvalue weighted by atomic mass is 32.2. The number of thiol groups is 4. The maximum absolute atomic E-state index is 11.2. The van der Waals surface area contributed by atoms with E-state index in [1.807, 2.05) is 13.8 Å². The predicted molar refractivity (Wildman–Crippen MR) is 88.5 cm³/mol. The third kappa shape index (κ3) is 9.58. The standard InChI is InChI=1S/C11H22O3S4/c1-3-10(15,16)5-7-13-9(12)14-8-6-11(17,18)4-2/h15-18H,3-8H2,1-2H3. The molecule has 0 aromatic carbocycles. The number of hydrogen-bond acceptors (Lipinski definition) is 7. The molecule has 0 radical (unpaired) electrons. The van der Waals surface area contributed by atoms with E-state index in [1.165, 1.54) is 0 Å². The summed E-state index contributed by atoms with van der Waals surface area (Å²) >= 11 is 17.3. The third-order valence-corrected chi connectivity index (χ3v) is 4.74. The molecule has 108 valence electrons. The van der Waals surface area contributed by atoms with E-state index in [9.17, 15) is 4.79 Å². The van der Waals surface area contributed by atoms with Gasteiger partial charge in [-0.2, -0.15) is 50.5 Å². The van der Waals surface area contributed by atoms with E-state index in [-0.39, 0.29) is 13.2 Å². The Labute approximate surface area is 131 Å². The largest absolute Gasteiger partial charge is 0.508 e. The lowest BCUT2D eigenvalue weighted by Gasteiger charge is -2.21. The van der Waals surface area contributed by atoms with E-state index >= 15 is 0 Å². The second kappa shape index (κ2) is 8.76. The van der Waals surface area contributed by atoms with Crippen molar-refractivity contribution < 1.29 is 14.3 Å². The van der Waals surface area contributed by atoms with Crippen LogP contribution in [0.15, 0.2) is 0 Å². The van der Waals surface area contributed by atoms with E-state index < -0.39 is 14.3 Å². The van der Waals surface area contributed by atoms with Crippen LogP contribution < -0.4 is 0 Å². The van der Waals surface area contributed by atoms with Crippen molar-refractivity contribution in [2.45, 2.75) is 47.7 Å². The first-order valence-electron chi connectivity index (χ1n) is 5.91. The van der Waals surface area contributed by atoms with Crippen molar-refractivity contribution in [3.8, 4) is 0 Å². The van der Waals surface area contributed by atoms with Crippen LogP contribution in [-0.4, -0.2) is 27.5 Å². The number of rotatable bonds is 8. The molecule has 0 bridgehead atoms. The van der Waals surface area contributed by atoms with Crippen molar-refractivity contribution in [3.05, 3.63) is 0 Å². The summed E-state index contributed by atoms with van der Waals surface area (Å²) in [6.07, 6.45) is 2.05. The molecular weight excluding hydrogens is 308 g/mol. The monoisotopic (exact) mass is 330 g/mol. The van der Waals surface area contributed by atoms with E-state index in [0.29, 0.717) is 12.8 Å². The molecule has 0 aromatic rings. The van der Waals surface area contributed by atoms with Crippen LogP contribution in [0.25, 0.3) is 0 Å². The van der Waals surface area contributed by atoms with Crippen molar-refractivity contribution in [1.82, 2.24) is 0 Å². The first-order valence-corrected chi connectivity index (χ1v) is 7.70. The molecular formula is C11H22O3S4. The maximum Gasteiger partial charge on any atom is 0.508 e. The van der Waals surface area contributed by atoms with Gasteiger partial charge in [-0.15, -0.1) is 0 Å². The molecule has 0 fully saturated rings. The second-order valence-corrected chi connectivity index (χ2v) is 8.25. The second-order valence-electron chi connectivity index (χ2n) is 4.12. The molecule has 0 aliphatic rings. The van der Waals surface area contributed by atoms with Gasteiger partial charge in [0.2, 0.25) is 0 Å². The number of carbonyl (C=O) groups is 1. The summed E-state index contributed by atoms with van der Waals surface area (Å²) in [4.78, 5) is 11.2. The van der Waals surface area contributed by atoms with Crippen molar-refractivity contribution in [2.75, 3.05) is 13.2 Å². The fraction of sp³-hybridized carbons (Fsp3) is 0.909. The van der Waals surface area contributed by atoms with Crippen LogP contribution in [-0.2, 0) is 9.47 Å². The molecule has 7 heteroatoms. The van der Waals surface area contributed by atoms with E-state index in [4.69, 9.17) is 9.47 Å². The zero-order chi connectivity index (χ0) is 14.2. The number of ether oxygens (including phenoxy) is 2. The highest BCUT2D eigenvalue weighted by Gasteiger charge is 2.20. The number of carbonyl (C=O) groups excluding carboxylic acids is 1. The fourth-order valence-corrected chi connectivity index (χ4v) is 1.36. The Morgan fingerprint density at radius 3 is 1.50 bits per heavy atom. The summed E-state index contributed by atoms with van der Waals surface area (Å²) in [5.41, 5.74) is 0. The summed E-state index contributed by atoms with van der Waals surface area (Å²) in [5, 5.41) is 0. The van der Waals surface area contributed by atoms with Gasteiger partial charge in [-0.25, -0.2) is 4.79 Å². The van der Waals surface area contributed by atoms with Gasteiger partial charge in [0.1, 0.15) is 0 Å². The lowest BCUT2D eigenvalue weighted by atomic mass is 10.2. The van der Waals surface area contributed by atoms with Crippen LogP contribution >= 0.6 is 50.5 Å². The van der Waals surface area contributed by atoms with Crippen LogP contribution in [0.2, 0.25) is 0 Å². The average molecular weight is 331 g/mol. The molecule has 0 N–H and O–H groups in total. The summed E-state index contributed by atoms with van der Waals surface area (Å²) in [5.74, 6) is 0. The van der Waals surface area contributed by atoms with Gasteiger partial charge in [-0.1, -0.05) is 13.8 Å². The quantitative estimate of drug-likeness (QED) is 0.310. The Morgan fingerprint density at radius 1 is 0.889 bits per heavy atom. The van der Waals surface area contributed by atoms with Gasteiger partial charge in [-0.05, 0) is 12.8 Å². The van der Waals surface area contributed by atoms with E-state index in [0.717, 1.165) is 12.8 Å². The fourth-order valence-electron chi connectivity index (χ4n) is 0.991. The van der Waals surface area contributed by atoms with Crippen LogP contribution in [0.1, 0.15) is 39.5 Å². The molecule has 0 rings (SSSR count). The average Bonchev–Trinajstić information content (AvgIpc) is 2.28. The van der Waals surface area contributed by atoms with Gasteiger partial charge in [-0.3, -0.25) is 0 Å². The molecule has 0 aliphatic heterocycles. The third-order valence-electron chi connectivity index (χ3n) is 2.58. The van der Waals surface area contributed by atoms with E-state index in [2.05, 4.69) is 50.5 Å². The zero-order valence-corrected chi connectivity index (χ0v) is 14.3. The molecule has 0 amide bonds.